The molecule has 2 heterocycles. The smallest absolute Gasteiger partial charge is 0.343 e. The van der Waals surface area contributed by atoms with Crippen LogP contribution in [0.15, 0.2) is 42.6 Å². The summed E-state index contributed by atoms with van der Waals surface area (Å²) in [4.78, 5) is 40.7. The fourth-order valence-electron chi connectivity index (χ4n) is 2.10. The van der Waals surface area contributed by atoms with E-state index in [2.05, 4.69) is 4.98 Å². The van der Waals surface area contributed by atoms with Crippen molar-refractivity contribution in [3.63, 3.8) is 0 Å². The predicted octanol–water partition coefficient (Wildman–Crippen LogP) is 2.15. The zero-order valence-corrected chi connectivity index (χ0v) is 11.9. The molecule has 0 atom stereocenters. The SMILES string of the molecule is O=C(OCN1C(=O)c2ccccc2C1=O)c1cccnc1Cl. The molecule has 110 valence electrons. The summed E-state index contributed by atoms with van der Waals surface area (Å²) in [5.41, 5.74) is 0.659. The first-order valence-electron chi connectivity index (χ1n) is 6.32. The van der Waals surface area contributed by atoms with E-state index < -0.39 is 24.5 Å². The summed E-state index contributed by atoms with van der Waals surface area (Å²) in [6.07, 6.45) is 1.43. The fourth-order valence-corrected chi connectivity index (χ4v) is 2.29. The number of benzene rings is 1. The third-order valence-corrected chi connectivity index (χ3v) is 3.48. The number of amides is 2. The van der Waals surface area contributed by atoms with E-state index in [1.807, 2.05) is 0 Å². The Morgan fingerprint density at radius 1 is 1.09 bits per heavy atom. The number of pyridine rings is 1. The fraction of sp³-hybridized carbons (Fsp3) is 0.0667. The lowest BCUT2D eigenvalue weighted by Gasteiger charge is -2.14. The largest absolute Gasteiger partial charge is 0.440 e. The lowest BCUT2D eigenvalue weighted by Crippen LogP contribution is -2.33. The maximum Gasteiger partial charge on any atom is 0.343 e. The Morgan fingerprint density at radius 2 is 1.73 bits per heavy atom. The van der Waals surface area contributed by atoms with Crippen LogP contribution in [0.25, 0.3) is 0 Å². The minimum absolute atomic E-state index is 0.00476. The first-order chi connectivity index (χ1) is 10.6. The number of rotatable bonds is 3. The van der Waals surface area contributed by atoms with E-state index in [0.717, 1.165) is 4.90 Å². The van der Waals surface area contributed by atoms with E-state index in [4.69, 9.17) is 16.3 Å². The van der Waals surface area contributed by atoms with Crippen molar-refractivity contribution >= 4 is 29.4 Å². The molecule has 7 heteroatoms. The number of nitrogens with zero attached hydrogens (tertiary/aromatic N) is 2. The lowest BCUT2D eigenvalue weighted by atomic mass is 10.1. The van der Waals surface area contributed by atoms with Gasteiger partial charge in [-0.3, -0.25) is 9.59 Å². The van der Waals surface area contributed by atoms with Crippen molar-refractivity contribution in [2.24, 2.45) is 0 Å². The minimum atomic E-state index is -0.755. The topological polar surface area (TPSA) is 76.6 Å². The van der Waals surface area contributed by atoms with Crippen LogP contribution in [0.5, 0.6) is 0 Å². The van der Waals surface area contributed by atoms with E-state index in [-0.39, 0.29) is 10.7 Å². The molecule has 3 rings (SSSR count). The van der Waals surface area contributed by atoms with Crippen molar-refractivity contribution in [2.45, 2.75) is 0 Å². The van der Waals surface area contributed by atoms with Crippen molar-refractivity contribution < 1.29 is 19.1 Å². The first kappa shape index (κ1) is 14.2. The summed E-state index contributed by atoms with van der Waals surface area (Å²) in [5, 5.41) is -0.00476. The van der Waals surface area contributed by atoms with E-state index in [1.54, 1.807) is 24.3 Å². The molecule has 1 aliphatic heterocycles. The Labute approximate surface area is 130 Å². The molecule has 0 saturated heterocycles. The lowest BCUT2D eigenvalue weighted by molar-refractivity contribution is 0.0228. The first-order valence-corrected chi connectivity index (χ1v) is 6.70. The van der Waals surface area contributed by atoms with Gasteiger partial charge in [0, 0.05) is 6.20 Å². The molecule has 0 fully saturated rings. The number of imide groups is 1. The number of carbonyl (C=O) groups excluding carboxylic acids is 3. The molecule has 0 radical (unpaired) electrons. The van der Waals surface area contributed by atoms with Gasteiger partial charge >= 0.3 is 5.97 Å². The minimum Gasteiger partial charge on any atom is -0.440 e. The van der Waals surface area contributed by atoms with Crippen molar-refractivity contribution in [1.29, 1.82) is 0 Å². The summed E-state index contributed by atoms with van der Waals surface area (Å²) < 4.78 is 4.99. The van der Waals surface area contributed by atoms with Gasteiger partial charge in [-0.1, -0.05) is 23.7 Å². The van der Waals surface area contributed by atoms with Crippen molar-refractivity contribution in [1.82, 2.24) is 9.88 Å². The number of carbonyl (C=O) groups is 3. The van der Waals surface area contributed by atoms with Gasteiger partial charge in [-0.25, -0.2) is 14.7 Å². The molecule has 0 unspecified atom stereocenters. The summed E-state index contributed by atoms with van der Waals surface area (Å²) in [6, 6.07) is 9.40. The van der Waals surface area contributed by atoms with E-state index >= 15 is 0 Å². The normalized spacial score (nSPS) is 13.2. The highest BCUT2D eigenvalue weighted by Crippen LogP contribution is 2.22. The Bertz CT molecular complexity index is 756. The predicted molar refractivity (Wildman–Crippen MR) is 76.5 cm³/mol. The quantitative estimate of drug-likeness (QED) is 0.492. The second-order valence-corrected chi connectivity index (χ2v) is 4.84. The second-order valence-electron chi connectivity index (χ2n) is 4.49. The van der Waals surface area contributed by atoms with Gasteiger partial charge < -0.3 is 4.74 Å². The Kier molecular flexibility index (Phi) is 3.60. The van der Waals surface area contributed by atoms with Crippen LogP contribution in [-0.4, -0.2) is 34.4 Å². The van der Waals surface area contributed by atoms with Gasteiger partial charge in [-0.2, -0.15) is 0 Å². The molecule has 22 heavy (non-hydrogen) atoms. The average Bonchev–Trinajstić information content (AvgIpc) is 2.77. The van der Waals surface area contributed by atoms with Crippen molar-refractivity contribution in [3.8, 4) is 0 Å². The van der Waals surface area contributed by atoms with Crippen LogP contribution in [0.2, 0.25) is 5.15 Å². The van der Waals surface area contributed by atoms with E-state index in [9.17, 15) is 14.4 Å². The molecule has 2 aromatic rings. The molecule has 0 saturated carbocycles. The Balaban J connectivity index is 1.73. The number of halogens is 1. The van der Waals surface area contributed by atoms with Gasteiger partial charge in [-0.15, -0.1) is 0 Å². The number of fused-ring (bicyclic) bond motifs is 1. The number of aromatic nitrogens is 1. The molecule has 0 aliphatic carbocycles. The van der Waals surface area contributed by atoms with Crippen molar-refractivity contribution in [3.05, 3.63) is 64.4 Å². The molecule has 1 aromatic carbocycles. The summed E-state index contributed by atoms with van der Waals surface area (Å²) in [5.74, 6) is -1.74. The van der Waals surface area contributed by atoms with E-state index in [0.29, 0.717) is 11.1 Å². The van der Waals surface area contributed by atoms with Crippen LogP contribution in [0.4, 0.5) is 0 Å². The molecule has 0 N–H and O–H groups in total. The van der Waals surface area contributed by atoms with Gasteiger partial charge in [0.2, 0.25) is 0 Å². The van der Waals surface area contributed by atoms with Gasteiger partial charge in [0.25, 0.3) is 11.8 Å². The molecule has 1 aliphatic rings. The third kappa shape index (κ3) is 2.33. The highest BCUT2D eigenvalue weighted by atomic mass is 35.5. The zero-order valence-electron chi connectivity index (χ0n) is 11.2. The average molecular weight is 317 g/mol. The van der Waals surface area contributed by atoms with Gasteiger partial charge in [0.05, 0.1) is 16.7 Å². The molecule has 0 spiro atoms. The Morgan fingerprint density at radius 3 is 2.32 bits per heavy atom. The molecule has 2 amide bonds. The second kappa shape index (κ2) is 5.57. The van der Waals surface area contributed by atoms with E-state index in [1.165, 1.54) is 18.3 Å². The summed E-state index contributed by atoms with van der Waals surface area (Å²) in [6.45, 7) is -0.476. The van der Waals surface area contributed by atoms with Crippen LogP contribution in [0.1, 0.15) is 31.1 Å². The van der Waals surface area contributed by atoms with Crippen LogP contribution in [-0.2, 0) is 4.74 Å². The monoisotopic (exact) mass is 316 g/mol. The molecular weight excluding hydrogens is 308 g/mol. The van der Waals surface area contributed by atoms with Gasteiger partial charge in [0.15, 0.2) is 6.73 Å². The van der Waals surface area contributed by atoms with Crippen LogP contribution < -0.4 is 0 Å². The maximum atomic E-state index is 12.1. The Hall–Kier alpha value is -2.73. The van der Waals surface area contributed by atoms with Crippen LogP contribution >= 0.6 is 11.6 Å². The summed E-state index contributed by atoms with van der Waals surface area (Å²) >= 11 is 5.79. The van der Waals surface area contributed by atoms with Crippen LogP contribution in [0, 0.1) is 0 Å². The highest BCUT2D eigenvalue weighted by Gasteiger charge is 2.35. The molecular formula is C15H9ClN2O4. The van der Waals surface area contributed by atoms with Crippen molar-refractivity contribution in [2.75, 3.05) is 6.73 Å². The number of hydrogen-bond donors (Lipinski definition) is 0. The molecule has 1 aromatic heterocycles. The maximum absolute atomic E-state index is 12.1. The van der Waals surface area contributed by atoms with Gasteiger partial charge in [-0.05, 0) is 24.3 Å². The third-order valence-electron chi connectivity index (χ3n) is 3.18. The number of esters is 1. The van der Waals surface area contributed by atoms with Crippen LogP contribution in [0.3, 0.4) is 0 Å². The highest BCUT2D eigenvalue weighted by molar-refractivity contribution is 6.32. The zero-order chi connectivity index (χ0) is 15.7. The summed E-state index contributed by atoms with van der Waals surface area (Å²) in [7, 11) is 0. The standard InChI is InChI=1S/C15H9ClN2O4/c16-12-11(6-3-7-17-12)15(21)22-8-18-13(19)9-4-1-2-5-10(9)14(18)20/h1-7H,8H2. The van der Waals surface area contributed by atoms with Gasteiger partial charge in [0.1, 0.15) is 5.15 Å². The molecule has 0 bridgehead atoms. The number of ether oxygens (including phenoxy) is 1. The molecule has 6 nitrogen and oxygen atoms in total. The number of hydrogen-bond acceptors (Lipinski definition) is 5.